The third kappa shape index (κ3) is 3.76. The van der Waals surface area contributed by atoms with Crippen molar-refractivity contribution >= 4 is 12.1 Å². The van der Waals surface area contributed by atoms with Gasteiger partial charge in [0.15, 0.2) is 0 Å². The van der Waals surface area contributed by atoms with E-state index in [2.05, 4.69) is 9.47 Å². The van der Waals surface area contributed by atoms with Gasteiger partial charge in [0.1, 0.15) is 6.73 Å². The highest BCUT2D eigenvalue weighted by molar-refractivity contribution is 5.79. The zero-order chi connectivity index (χ0) is 12.7. The number of methoxy groups -OCH3 is 1. The first-order chi connectivity index (χ1) is 8.19. The van der Waals surface area contributed by atoms with E-state index in [0.717, 1.165) is 0 Å². The molecule has 0 saturated heterocycles. The van der Waals surface area contributed by atoms with Crippen LogP contribution >= 0.6 is 0 Å². The molecule has 6 heteroatoms. The predicted octanol–water partition coefficient (Wildman–Crippen LogP) is 0.970. The zero-order valence-electron chi connectivity index (χ0n) is 9.29. The molecular weight excluding hydrogens is 226 g/mol. The zero-order valence-corrected chi connectivity index (χ0v) is 9.29. The van der Waals surface area contributed by atoms with Gasteiger partial charge in [-0.1, -0.05) is 30.3 Å². The molecule has 1 aromatic carbocycles. The molecule has 0 aliphatic heterocycles. The molecule has 0 saturated carbocycles. The van der Waals surface area contributed by atoms with Gasteiger partial charge in [-0.3, -0.25) is 5.73 Å². The molecular formula is C11H13NO5. The predicted molar refractivity (Wildman–Crippen MR) is 57.8 cm³/mol. The average molecular weight is 239 g/mol. The van der Waals surface area contributed by atoms with Crippen LogP contribution in [0.4, 0.5) is 4.79 Å². The third-order valence-electron chi connectivity index (χ3n) is 1.93. The molecule has 0 heterocycles. The number of benzene rings is 1. The topological polar surface area (TPSA) is 87.8 Å². The Morgan fingerprint density at radius 1 is 1.29 bits per heavy atom. The monoisotopic (exact) mass is 239 g/mol. The van der Waals surface area contributed by atoms with Crippen molar-refractivity contribution in [1.82, 2.24) is 0 Å². The van der Waals surface area contributed by atoms with Crippen molar-refractivity contribution < 1.29 is 23.8 Å². The summed E-state index contributed by atoms with van der Waals surface area (Å²) in [6, 6.07) is 8.47. The highest BCUT2D eigenvalue weighted by atomic mass is 16.7. The van der Waals surface area contributed by atoms with Gasteiger partial charge in [0.05, 0.1) is 7.11 Å². The first-order valence-corrected chi connectivity index (χ1v) is 4.85. The number of rotatable bonds is 4. The van der Waals surface area contributed by atoms with Gasteiger partial charge in [-0.05, 0) is 0 Å². The van der Waals surface area contributed by atoms with E-state index < -0.39 is 18.2 Å². The van der Waals surface area contributed by atoms with E-state index in [-0.39, 0.29) is 6.73 Å². The second kappa shape index (κ2) is 6.49. The molecule has 1 aromatic rings. The normalized spacial score (nSPS) is 11.4. The molecule has 0 unspecified atom stereocenters. The van der Waals surface area contributed by atoms with Gasteiger partial charge in [-0.25, -0.2) is 9.59 Å². The average Bonchev–Trinajstić information content (AvgIpc) is 2.36. The molecule has 0 aliphatic rings. The highest BCUT2D eigenvalue weighted by Gasteiger charge is 2.26. The van der Waals surface area contributed by atoms with Gasteiger partial charge >= 0.3 is 12.1 Å². The van der Waals surface area contributed by atoms with Crippen LogP contribution < -0.4 is 5.73 Å². The van der Waals surface area contributed by atoms with E-state index in [0.29, 0.717) is 5.56 Å². The maximum Gasteiger partial charge on any atom is 0.510 e. The molecule has 92 valence electrons. The summed E-state index contributed by atoms with van der Waals surface area (Å²) in [7, 11) is 1.20. The quantitative estimate of drug-likeness (QED) is 0.622. The van der Waals surface area contributed by atoms with E-state index in [1.54, 1.807) is 30.3 Å². The summed E-state index contributed by atoms with van der Waals surface area (Å²) in [5, 5.41) is 0. The Balaban J connectivity index is 2.82. The second-order valence-electron chi connectivity index (χ2n) is 2.99. The standard InChI is InChI=1S/C11H13NO5/c1-15-10(13)9(17-11(14)16-7-12)8-5-3-2-4-6-8/h2-6,9H,7,12H2,1H3/t9-/m1/s1. The minimum Gasteiger partial charge on any atom is -0.466 e. The molecule has 0 spiro atoms. The van der Waals surface area contributed by atoms with E-state index >= 15 is 0 Å². The number of hydrogen-bond donors (Lipinski definition) is 1. The summed E-state index contributed by atoms with van der Waals surface area (Å²) in [5.41, 5.74) is 5.51. The van der Waals surface area contributed by atoms with Crippen molar-refractivity contribution in [2.24, 2.45) is 5.73 Å². The molecule has 0 amide bonds. The van der Waals surface area contributed by atoms with Crippen molar-refractivity contribution in [2.75, 3.05) is 13.8 Å². The molecule has 0 fully saturated rings. The number of esters is 1. The number of nitrogens with two attached hydrogens (primary N) is 1. The summed E-state index contributed by atoms with van der Waals surface area (Å²) in [4.78, 5) is 22.6. The van der Waals surface area contributed by atoms with Gasteiger partial charge in [0, 0.05) is 5.56 Å². The third-order valence-corrected chi connectivity index (χ3v) is 1.93. The van der Waals surface area contributed by atoms with Gasteiger partial charge in [-0.15, -0.1) is 0 Å². The largest absolute Gasteiger partial charge is 0.510 e. The molecule has 1 atom stereocenters. The van der Waals surface area contributed by atoms with Gasteiger partial charge in [0.25, 0.3) is 0 Å². The van der Waals surface area contributed by atoms with Crippen LogP contribution in [0.15, 0.2) is 30.3 Å². The molecule has 6 nitrogen and oxygen atoms in total. The van der Waals surface area contributed by atoms with Gasteiger partial charge < -0.3 is 14.2 Å². The van der Waals surface area contributed by atoms with E-state index in [9.17, 15) is 9.59 Å². The molecule has 2 N–H and O–H groups in total. The fourth-order valence-corrected chi connectivity index (χ4v) is 1.19. The van der Waals surface area contributed by atoms with Crippen molar-refractivity contribution in [1.29, 1.82) is 0 Å². The smallest absolute Gasteiger partial charge is 0.466 e. The molecule has 0 bridgehead atoms. The summed E-state index contributed by atoms with van der Waals surface area (Å²) in [6.45, 7) is -0.318. The maximum absolute atomic E-state index is 11.5. The fraction of sp³-hybridized carbons (Fsp3) is 0.273. The lowest BCUT2D eigenvalue weighted by Gasteiger charge is -2.15. The maximum atomic E-state index is 11.5. The van der Waals surface area contributed by atoms with Crippen molar-refractivity contribution in [2.45, 2.75) is 6.10 Å². The Labute approximate surface area is 98.3 Å². The van der Waals surface area contributed by atoms with Crippen molar-refractivity contribution in [3.63, 3.8) is 0 Å². The van der Waals surface area contributed by atoms with Gasteiger partial charge in [0.2, 0.25) is 6.10 Å². The Kier molecular flexibility index (Phi) is 4.96. The van der Waals surface area contributed by atoms with Crippen LogP contribution in [0.1, 0.15) is 11.7 Å². The van der Waals surface area contributed by atoms with E-state index in [1.165, 1.54) is 7.11 Å². The van der Waals surface area contributed by atoms with Gasteiger partial charge in [-0.2, -0.15) is 0 Å². The SMILES string of the molecule is COC(=O)[C@H](OC(=O)OCN)c1ccccc1. The second-order valence-corrected chi connectivity index (χ2v) is 2.99. The van der Waals surface area contributed by atoms with Crippen molar-refractivity contribution in [3.05, 3.63) is 35.9 Å². The van der Waals surface area contributed by atoms with Crippen LogP contribution in [-0.4, -0.2) is 26.0 Å². The molecule has 0 aliphatic carbocycles. The summed E-state index contributed by atoms with van der Waals surface area (Å²) in [6.07, 6.45) is -2.17. The van der Waals surface area contributed by atoms with Crippen LogP contribution in [0.5, 0.6) is 0 Å². The lowest BCUT2D eigenvalue weighted by atomic mass is 10.1. The van der Waals surface area contributed by atoms with Crippen LogP contribution in [0.3, 0.4) is 0 Å². The number of carbonyl (C=O) groups excluding carboxylic acids is 2. The Morgan fingerprint density at radius 2 is 1.94 bits per heavy atom. The fourth-order valence-electron chi connectivity index (χ4n) is 1.19. The lowest BCUT2D eigenvalue weighted by Crippen LogP contribution is -2.23. The first kappa shape index (κ1) is 13.0. The summed E-state index contributed by atoms with van der Waals surface area (Å²) in [5.74, 6) is -0.690. The van der Waals surface area contributed by atoms with Crippen LogP contribution in [-0.2, 0) is 19.0 Å². The highest BCUT2D eigenvalue weighted by Crippen LogP contribution is 2.19. The Bertz CT molecular complexity index is 379. The number of hydrogen-bond acceptors (Lipinski definition) is 6. The summed E-state index contributed by atoms with van der Waals surface area (Å²) >= 11 is 0. The molecule has 0 radical (unpaired) electrons. The summed E-state index contributed by atoms with van der Waals surface area (Å²) < 4.78 is 13.8. The Morgan fingerprint density at radius 3 is 2.47 bits per heavy atom. The minimum absolute atomic E-state index is 0.318. The molecule has 1 rings (SSSR count). The van der Waals surface area contributed by atoms with Crippen LogP contribution in [0.25, 0.3) is 0 Å². The molecule has 17 heavy (non-hydrogen) atoms. The first-order valence-electron chi connectivity index (χ1n) is 4.85. The van der Waals surface area contributed by atoms with E-state index in [1.807, 2.05) is 0 Å². The van der Waals surface area contributed by atoms with Crippen molar-refractivity contribution in [3.8, 4) is 0 Å². The minimum atomic E-state index is -1.15. The van der Waals surface area contributed by atoms with E-state index in [4.69, 9.17) is 10.5 Å². The lowest BCUT2D eigenvalue weighted by molar-refractivity contribution is -0.152. The van der Waals surface area contributed by atoms with Crippen LogP contribution in [0, 0.1) is 0 Å². The number of ether oxygens (including phenoxy) is 3. The molecule has 0 aromatic heterocycles. The van der Waals surface area contributed by atoms with Crippen LogP contribution in [0.2, 0.25) is 0 Å². The Hall–Kier alpha value is -2.08. The number of carbonyl (C=O) groups is 2.